The third kappa shape index (κ3) is 6.33. The topological polar surface area (TPSA) is 100 Å². The van der Waals surface area contributed by atoms with E-state index in [0.717, 1.165) is 0 Å². The predicted octanol–water partition coefficient (Wildman–Crippen LogP) is 4.03. The minimum Gasteiger partial charge on any atom is -0.478 e. The Balaban J connectivity index is 2.44. The zero-order chi connectivity index (χ0) is 23.4. The molecule has 1 heterocycles. The summed E-state index contributed by atoms with van der Waals surface area (Å²) in [5.74, 6) is -1.78. The largest absolute Gasteiger partial charge is 0.478 e. The molecule has 1 aromatic carbocycles. The van der Waals surface area contributed by atoms with E-state index >= 15 is 0 Å². The minimum atomic E-state index is -5.75. The Labute approximate surface area is 171 Å². The van der Waals surface area contributed by atoms with E-state index in [1.807, 2.05) is 0 Å². The van der Waals surface area contributed by atoms with Gasteiger partial charge in [0, 0.05) is 18.8 Å². The van der Waals surface area contributed by atoms with Crippen LogP contribution in [-0.4, -0.2) is 57.6 Å². The van der Waals surface area contributed by atoms with Gasteiger partial charge in [-0.25, -0.2) is 4.79 Å². The number of nitrogens with one attached hydrogen (secondary N) is 1. The molecule has 0 unspecified atom stereocenters. The molecule has 0 atom stereocenters. The van der Waals surface area contributed by atoms with Crippen LogP contribution < -0.4 is 15.0 Å². The molecule has 14 heteroatoms. The van der Waals surface area contributed by atoms with E-state index in [0.29, 0.717) is 13.1 Å². The molecule has 0 amide bonds. The van der Waals surface area contributed by atoms with Crippen LogP contribution >= 0.6 is 0 Å². The Hall–Kier alpha value is -3.32. The number of carbonyl (C=O) groups is 1. The number of carboxylic acid groups (broad SMARTS) is 1. The molecule has 2 aromatic rings. The molecule has 0 radical (unpaired) electrons. The van der Waals surface area contributed by atoms with E-state index in [1.54, 1.807) is 13.8 Å². The number of ether oxygens (including phenoxy) is 1. The third-order valence-corrected chi connectivity index (χ3v) is 3.86. The maximum atomic E-state index is 12.9. The van der Waals surface area contributed by atoms with Crippen LogP contribution in [0.4, 0.5) is 43.9 Å². The highest BCUT2D eigenvalue weighted by atomic mass is 19.4. The average molecular weight is 453 g/mol. The summed E-state index contributed by atoms with van der Waals surface area (Å²) in [7, 11) is 0. The van der Waals surface area contributed by atoms with Gasteiger partial charge in [-0.15, -0.1) is 0 Å². The number of aromatic carboxylic acids is 1. The molecule has 0 aliphatic heterocycles. The first-order valence-corrected chi connectivity index (χ1v) is 8.76. The van der Waals surface area contributed by atoms with E-state index in [2.05, 4.69) is 25.0 Å². The summed E-state index contributed by atoms with van der Waals surface area (Å²) in [5.41, 5.74) is 0.197. The number of aromatic nitrogens is 3. The molecule has 0 saturated heterocycles. The third-order valence-electron chi connectivity index (χ3n) is 3.86. The molecule has 31 heavy (non-hydrogen) atoms. The van der Waals surface area contributed by atoms with Crippen molar-refractivity contribution in [2.75, 3.05) is 23.3 Å². The molecular formula is C17H17F6N5O3. The summed E-state index contributed by atoms with van der Waals surface area (Å²) in [6.45, 7) is 3.96. The zero-order valence-electron chi connectivity index (χ0n) is 16.1. The van der Waals surface area contributed by atoms with Gasteiger partial charge in [-0.05, 0) is 38.1 Å². The Kier molecular flexibility index (Phi) is 7.13. The van der Waals surface area contributed by atoms with Crippen molar-refractivity contribution in [3.63, 3.8) is 0 Å². The number of anilines is 3. The standard InChI is InChI=1S/C17H17F6N5O3/c1-3-28(4-2)14-25-13(24-10-7-5-9(6-8-10)11(29)30)26-15(27-14)31-12(16(18,19)20)17(21,22)23/h5-8,12H,3-4H2,1-2H3,(H,29,30)(H,24,25,26,27). The van der Waals surface area contributed by atoms with Crippen LogP contribution in [0.5, 0.6) is 6.01 Å². The number of rotatable bonds is 8. The number of carboxylic acids is 1. The minimum absolute atomic E-state index is 0.0350. The summed E-state index contributed by atoms with van der Waals surface area (Å²) in [6, 6.07) is 3.93. The lowest BCUT2D eigenvalue weighted by Gasteiger charge is -2.24. The molecule has 0 spiro atoms. The highest BCUT2D eigenvalue weighted by molar-refractivity contribution is 5.88. The second-order valence-electron chi connectivity index (χ2n) is 6.00. The molecule has 2 rings (SSSR count). The van der Waals surface area contributed by atoms with Crippen molar-refractivity contribution in [2.24, 2.45) is 0 Å². The highest BCUT2D eigenvalue weighted by Crippen LogP contribution is 2.36. The van der Waals surface area contributed by atoms with E-state index in [9.17, 15) is 31.1 Å². The lowest BCUT2D eigenvalue weighted by molar-refractivity contribution is -0.301. The summed E-state index contributed by atoms with van der Waals surface area (Å²) in [5, 5.41) is 11.5. The lowest BCUT2D eigenvalue weighted by atomic mass is 10.2. The number of alkyl halides is 6. The fraction of sp³-hybridized carbons (Fsp3) is 0.412. The first-order chi connectivity index (χ1) is 14.3. The van der Waals surface area contributed by atoms with E-state index in [1.165, 1.54) is 29.2 Å². The predicted molar refractivity (Wildman–Crippen MR) is 96.6 cm³/mol. The second kappa shape index (κ2) is 9.22. The SMILES string of the molecule is CCN(CC)c1nc(Nc2ccc(C(=O)O)cc2)nc(OC(C(F)(F)F)C(F)(F)F)n1. The van der Waals surface area contributed by atoms with Gasteiger partial charge in [0.25, 0.3) is 6.10 Å². The molecule has 0 aliphatic carbocycles. The van der Waals surface area contributed by atoms with E-state index < -0.39 is 36.4 Å². The Morgan fingerprint density at radius 1 is 1.03 bits per heavy atom. The molecule has 0 fully saturated rings. The van der Waals surface area contributed by atoms with Gasteiger partial charge < -0.3 is 20.1 Å². The molecule has 0 bridgehead atoms. The van der Waals surface area contributed by atoms with Crippen molar-refractivity contribution >= 4 is 23.6 Å². The van der Waals surface area contributed by atoms with Crippen LogP contribution in [-0.2, 0) is 0 Å². The summed E-state index contributed by atoms with van der Waals surface area (Å²) >= 11 is 0. The maximum Gasteiger partial charge on any atom is 0.434 e. The number of hydrogen-bond acceptors (Lipinski definition) is 7. The Morgan fingerprint density at radius 2 is 1.58 bits per heavy atom. The van der Waals surface area contributed by atoms with E-state index in [4.69, 9.17) is 5.11 Å². The highest BCUT2D eigenvalue weighted by Gasteiger charge is 2.59. The Bertz CT molecular complexity index is 887. The molecule has 1 aromatic heterocycles. The van der Waals surface area contributed by atoms with Crippen molar-refractivity contribution in [2.45, 2.75) is 32.3 Å². The van der Waals surface area contributed by atoms with Crippen molar-refractivity contribution in [3.05, 3.63) is 29.8 Å². The summed E-state index contributed by atoms with van der Waals surface area (Å²) in [6.07, 6.45) is -15.6. The first-order valence-electron chi connectivity index (χ1n) is 8.76. The monoisotopic (exact) mass is 453 g/mol. The van der Waals surface area contributed by atoms with Crippen molar-refractivity contribution in [1.82, 2.24) is 15.0 Å². The molecule has 8 nitrogen and oxygen atoms in total. The molecular weight excluding hydrogens is 436 g/mol. The fourth-order valence-electron chi connectivity index (χ4n) is 2.35. The molecule has 0 saturated carbocycles. The van der Waals surface area contributed by atoms with E-state index in [-0.39, 0.29) is 17.2 Å². The number of hydrogen-bond donors (Lipinski definition) is 2. The van der Waals surface area contributed by atoms with Crippen LogP contribution in [0.3, 0.4) is 0 Å². The van der Waals surface area contributed by atoms with Crippen molar-refractivity contribution < 1.29 is 41.0 Å². The van der Waals surface area contributed by atoms with Crippen molar-refractivity contribution in [3.8, 4) is 6.01 Å². The van der Waals surface area contributed by atoms with Gasteiger partial charge in [0.15, 0.2) is 0 Å². The quantitative estimate of drug-likeness (QED) is 0.578. The van der Waals surface area contributed by atoms with Gasteiger partial charge in [-0.3, -0.25) is 0 Å². The van der Waals surface area contributed by atoms with Crippen LogP contribution in [0.2, 0.25) is 0 Å². The van der Waals surface area contributed by atoms with Gasteiger partial charge in [0.1, 0.15) is 0 Å². The number of halogens is 6. The normalized spacial score (nSPS) is 12.0. The fourth-order valence-corrected chi connectivity index (χ4v) is 2.35. The summed E-state index contributed by atoms with van der Waals surface area (Å²) < 4.78 is 81.2. The number of benzene rings is 1. The molecule has 2 N–H and O–H groups in total. The zero-order valence-corrected chi connectivity index (χ0v) is 16.1. The van der Waals surface area contributed by atoms with Crippen LogP contribution in [0.25, 0.3) is 0 Å². The maximum absolute atomic E-state index is 12.9. The van der Waals surface area contributed by atoms with Gasteiger partial charge in [0.05, 0.1) is 5.56 Å². The van der Waals surface area contributed by atoms with Gasteiger partial charge in [0.2, 0.25) is 11.9 Å². The Morgan fingerprint density at radius 3 is 2.03 bits per heavy atom. The number of nitrogens with zero attached hydrogens (tertiary/aromatic N) is 4. The second-order valence-corrected chi connectivity index (χ2v) is 6.00. The van der Waals surface area contributed by atoms with Gasteiger partial charge in [-0.2, -0.15) is 41.3 Å². The van der Waals surface area contributed by atoms with Crippen molar-refractivity contribution in [1.29, 1.82) is 0 Å². The first kappa shape index (κ1) is 24.0. The van der Waals surface area contributed by atoms with Crippen LogP contribution in [0, 0.1) is 0 Å². The van der Waals surface area contributed by atoms with Gasteiger partial charge >= 0.3 is 24.3 Å². The molecule has 170 valence electrons. The smallest absolute Gasteiger partial charge is 0.434 e. The molecule has 0 aliphatic rings. The van der Waals surface area contributed by atoms with Gasteiger partial charge in [-0.1, -0.05) is 0 Å². The lowest BCUT2D eigenvalue weighted by Crippen LogP contribution is -2.47. The van der Waals surface area contributed by atoms with Crippen LogP contribution in [0.1, 0.15) is 24.2 Å². The summed E-state index contributed by atoms with van der Waals surface area (Å²) in [4.78, 5) is 23.5. The average Bonchev–Trinajstić information content (AvgIpc) is 2.66. The van der Waals surface area contributed by atoms with Crippen LogP contribution in [0.15, 0.2) is 24.3 Å².